The fraction of sp³-hybridized carbons (Fsp3) is 0.320. The Bertz CT molecular complexity index is 1160. The van der Waals surface area contributed by atoms with Crippen LogP contribution in [0.4, 0.5) is 0 Å². The Hall–Kier alpha value is -2.85. The van der Waals surface area contributed by atoms with Crippen molar-refractivity contribution in [1.82, 2.24) is 9.97 Å². The van der Waals surface area contributed by atoms with Crippen molar-refractivity contribution in [1.29, 1.82) is 0 Å². The van der Waals surface area contributed by atoms with Crippen molar-refractivity contribution < 1.29 is 4.74 Å². The molecule has 4 rings (SSSR count). The largest absolute Gasteiger partial charge is 0.492 e. The van der Waals surface area contributed by atoms with Gasteiger partial charge in [-0.2, -0.15) is 0 Å². The number of H-pyrrole nitrogens is 1. The number of rotatable bonds is 7. The molecule has 3 N–H and O–H groups in total. The van der Waals surface area contributed by atoms with Crippen LogP contribution in [0, 0.1) is 13.8 Å². The summed E-state index contributed by atoms with van der Waals surface area (Å²) in [6.07, 6.45) is 4.94. The molecule has 0 saturated heterocycles. The van der Waals surface area contributed by atoms with Crippen LogP contribution in [0.1, 0.15) is 36.5 Å². The zero-order valence-corrected chi connectivity index (χ0v) is 17.5. The van der Waals surface area contributed by atoms with E-state index in [2.05, 4.69) is 48.1 Å². The van der Waals surface area contributed by atoms with Crippen LogP contribution in [-0.2, 0) is 6.42 Å². The van der Waals surface area contributed by atoms with Gasteiger partial charge in [-0.05, 0) is 87.5 Å². The van der Waals surface area contributed by atoms with Crippen molar-refractivity contribution in [3.8, 4) is 17.0 Å². The lowest BCUT2D eigenvalue weighted by atomic mass is 9.95. The predicted molar refractivity (Wildman–Crippen MR) is 122 cm³/mol. The summed E-state index contributed by atoms with van der Waals surface area (Å²) in [7, 11) is 0. The van der Waals surface area contributed by atoms with Gasteiger partial charge in [0.05, 0.1) is 12.3 Å². The molecule has 2 heterocycles. The first-order chi connectivity index (χ1) is 14.1. The van der Waals surface area contributed by atoms with E-state index in [4.69, 9.17) is 10.5 Å². The van der Waals surface area contributed by atoms with Crippen molar-refractivity contribution in [2.45, 2.75) is 40.0 Å². The Kier molecular flexibility index (Phi) is 5.54. The molecule has 0 aliphatic rings. The monoisotopic (exact) mass is 387 g/mol. The first-order valence-electron chi connectivity index (χ1n) is 10.5. The van der Waals surface area contributed by atoms with Gasteiger partial charge in [0.25, 0.3) is 0 Å². The number of hydrogen-bond acceptors (Lipinski definition) is 3. The summed E-state index contributed by atoms with van der Waals surface area (Å²) in [5.41, 5.74) is 14.2. The fourth-order valence-electron chi connectivity index (χ4n) is 4.36. The van der Waals surface area contributed by atoms with Crippen molar-refractivity contribution in [2.75, 3.05) is 13.2 Å². The van der Waals surface area contributed by atoms with Crippen LogP contribution in [0.2, 0.25) is 0 Å². The third kappa shape index (κ3) is 3.60. The summed E-state index contributed by atoms with van der Waals surface area (Å²) in [5.74, 6) is 0.833. The van der Waals surface area contributed by atoms with E-state index in [1.807, 2.05) is 25.3 Å². The van der Waals surface area contributed by atoms with Crippen molar-refractivity contribution in [3.05, 3.63) is 59.3 Å². The highest BCUT2D eigenvalue weighted by Gasteiger charge is 2.18. The predicted octanol–water partition coefficient (Wildman–Crippen LogP) is 5.68. The van der Waals surface area contributed by atoms with Gasteiger partial charge in [0, 0.05) is 28.0 Å². The number of benzene rings is 2. The number of unbranched alkanes of at least 4 members (excludes halogenated alkanes) is 1. The van der Waals surface area contributed by atoms with E-state index >= 15 is 0 Å². The lowest BCUT2D eigenvalue weighted by molar-refractivity contribution is 0.343. The van der Waals surface area contributed by atoms with Crippen LogP contribution in [0.5, 0.6) is 5.75 Å². The van der Waals surface area contributed by atoms with Crippen LogP contribution in [0.3, 0.4) is 0 Å². The van der Waals surface area contributed by atoms with E-state index in [1.165, 1.54) is 38.9 Å². The summed E-state index contributed by atoms with van der Waals surface area (Å²) in [5, 5.41) is 2.45. The number of nitrogens with zero attached hydrogens (tertiary/aromatic N) is 1. The molecule has 150 valence electrons. The van der Waals surface area contributed by atoms with E-state index in [-0.39, 0.29) is 0 Å². The molecule has 4 heteroatoms. The maximum Gasteiger partial charge on any atom is 0.145 e. The molecule has 0 spiro atoms. The molecule has 0 saturated carbocycles. The lowest BCUT2D eigenvalue weighted by Crippen LogP contribution is -2.00. The van der Waals surface area contributed by atoms with Crippen molar-refractivity contribution in [2.24, 2.45) is 5.73 Å². The average molecular weight is 388 g/mol. The molecule has 0 bridgehead atoms. The molecule has 4 aromatic rings. The van der Waals surface area contributed by atoms with Gasteiger partial charge in [-0.3, -0.25) is 4.98 Å². The van der Waals surface area contributed by atoms with E-state index < -0.39 is 0 Å². The first-order valence-corrected chi connectivity index (χ1v) is 10.5. The highest BCUT2D eigenvalue weighted by molar-refractivity contribution is 6.02. The molecule has 0 atom stereocenters. The first kappa shape index (κ1) is 19.5. The second-order valence-corrected chi connectivity index (χ2v) is 7.67. The Labute approximate surface area is 172 Å². The van der Waals surface area contributed by atoms with Crippen LogP contribution in [0.15, 0.2) is 42.6 Å². The zero-order chi connectivity index (χ0) is 20.4. The van der Waals surface area contributed by atoms with Gasteiger partial charge in [0.1, 0.15) is 11.3 Å². The van der Waals surface area contributed by atoms with Crippen molar-refractivity contribution in [3.63, 3.8) is 0 Å². The van der Waals surface area contributed by atoms with E-state index in [9.17, 15) is 0 Å². The minimum Gasteiger partial charge on any atom is -0.492 e. The number of nitrogens with one attached hydrogen (secondary N) is 1. The number of aromatic nitrogens is 2. The van der Waals surface area contributed by atoms with Gasteiger partial charge < -0.3 is 15.5 Å². The molecule has 0 aliphatic carbocycles. The second-order valence-electron chi connectivity index (χ2n) is 7.67. The van der Waals surface area contributed by atoms with Crippen LogP contribution >= 0.6 is 0 Å². The standard InChI is InChI=1S/C25H29N3O/c1-4-29-22-11-10-19(18-9-7-13-27-25(18)22)24-20(8-5-6-12-26)23-17(3)14-16(2)15-21(23)28-24/h7,9-11,13-15,28H,4-6,8,12,26H2,1-3H3. The number of fused-ring (bicyclic) bond motifs is 2. The van der Waals surface area contributed by atoms with Crippen molar-refractivity contribution >= 4 is 21.8 Å². The number of ether oxygens (including phenoxy) is 1. The molecular formula is C25H29N3O. The number of aromatic amines is 1. The third-order valence-corrected chi connectivity index (χ3v) is 5.53. The Morgan fingerprint density at radius 1 is 1.10 bits per heavy atom. The van der Waals surface area contributed by atoms with Gasteiger partial charge in [0.15, 0.2) is 0 Å². The topological polar surface area (TPSA) is 63.9 Å². The van der Waals surface area contributed by atoms with Gasteiger partial charge in [-0.25, -0.2) is 0 Å². The molecular weight excluding hydrogens is 358 g/mol. The summed E-state index contributed by atoms with van der Waals surface area (Å²) >= 11 is 0. The Morgan fingerprint density at radius 3 is 2.76 bits per heavy atom. The molecule has 0 amide bonds. The van der Waals surface area contributed by atoms with E-state index in [0.717, 1.165) is 42.5 Å². The summed E-state index contributed by atoms with van der Waals surface area (Å²) < 4.78 is 5.83. The Balaban J connectivity index is 1.97. The minimum atomic E-state index is 0.625. The summed E-state index contributed by atoms with van der Waals surface area (Å²) in [4.78, 5) is 8.35. The van der Waals surface area contributed by atoms with Gasteiger partial charge in [-0.1, -0.05) is 12.1 Å². The van der Waals surface area contributed by atoms with Gasteiger partial charge >= 0.3 is 0 Å². The minimum absolute atomic E-state index is 0.625. The van der Waals surface area contributed by atoms with Crippen LogP contribution in [0.25, 0.3) is 33.1 Å². The molecule has 2 aromatic heterocycles. The summed E-state index contributed by atoms with van der Waals surface area (Å²) in [6, 6.07) is 12.8. The van der Waals surface area contributed by atoms with E-state index in [0.29, 0.717) is 6.61 Å². The molecule has 0 unspecified atom stereocenters. The highest BCUT2D eigenvalue weighted by Crippen LogP contribution is 2.39. The normalized spacial score (nSPS) is 11.4. The quantitative estimate of drug-likeness (QED) is 0.401. The van der Waals surface area contributed by atoms with E-state index in [1.54, 1.807) is 0 Å². The zero-order valence-electron chi connectivity index (χ0n) is 17.5. The molecule has 0 radical (unpaired) electrons. The maximum atomic E-state index is 5.83. The van der Waals surface area contributed by atoms with Crippen LogP contribution in [-0.4, -0.2) is 23.1 Å². The van der Waals surface area contributed by atoms with Gasteiger partial charge in [0.2, 0.25) is 0 Å². The highest BCUT2D eigenvalue weighted by atomic mass is 16.5. The average Bonchev–Trinajstić information content (AvgIpc) is 3.07. The SMILES string of the molecule is CCOc1ccc(-c2[nH]c3cc(C)cc(C)c3c2CCCCN)c2cccnc12. The molecule has 0 fully saturated rings. The van der Waals surface area contributed by atoms with Gasteiger partial charge in [-0.15, -0.1) is 0 Å². The smallest absolute Gasteiger partial charge is 0.145 e. The van der Waals surface area contributed by atoms with Crippen LogP contribution < -0.4 is 10.5 Å². The molecule has 2 aromatic carbocycles. The Morgan fingerprint density at radius 2 is 1.97 bits per heavy atom. The number of nitrogens with two attached hydrogens (primary N) is 1. The number of aryl methyl sites for hydroxylation is 3. The molecule has 0 aliphatic heterocycles. The number of pyridine rings is 1. The maximum absolute atomic E-state index is 5.83. The third-order valence-electron chi connectivity index (χ3n) is 5.53. The fourth-order valence-corrected chi connectivity index (χ4v) is 4.36. The molecule has 29 heavy (non-hydrogen) atoms. The number of hydrogen-bond donors (Lipinski definition) is 2. The summed E-state index contributed by atoms with van der Waals surface area (Å²) in [6.45, 7) is 7.71. The second kappa shape index (κ2) is 8.26. The molecule has 4 nitrogen and oxygen atoms in total. The lowest BCUT2D eigenvalue weighted by Gasteiger charge is -2.12.